The molecule has 0 saturated heterocycles. The highest BCUT2D eigenvalue weighted by Crippen LogP contribution is 2.35. The van der Waals surface area contributed by atoms with Crippen molar-refractivity contribution in [3.63, 3.8) is 0 Å². The van der Waals surface area contributed by atoms with E-state index < -0.39 is 5.97 Å². The zero-order valence-corrected chi connectivity index (χ0v) is 8.49. The molecule has 1 heterocycles. The molecule has 0 bridgehead atoms. The molecule has 4 heteroatoms. The van der Waals surface area contributed by atoms with Gasteiger partial charge < -0.3 is 15.2 Å². The summed E-state index contributed by atoms with van der Waals surface area (Å²) in [5.74, 6) is 0.103. The molecule has 2 rings (SSSR count). The number of rotatable bonds is 3. The standard InChI is InChI=1S/C11H13NO3/c1-15-8-2-3-9-7(4-11(13)14)6-12-10(9)5-8/h2-3,5,7,12H,4,6H2,1H3,(H,13,14). The van der Waals surface area contributed by atoms with Crippen molar-refractivity contribution in [2.75, 3.05) is 19.0 Å². The monoisotopic (exact) mass is 207 g/mol. The highest BCUT2D eigenvalue weighted by molar-refractivity contribution is 5.71. The summed E-state index contributed by atoms with van der Waals surface area (Å²) in [7, 11) is 1.62. The fourth-order valence-electron chi connectivity index (χ4n) is 1.91. The number of hydrogen-bond acceptors (Lipinski definition) is 3. The van der Waals surface area contributed by atoms with Gasteiger partial charge in [-0.05, 0) is 11.6 Å². The molecule has 0 radical (unpaired) electrons. The van der Waals surface area contributed by atoms with Crippen molar-refractivity contribution in [2.24, 2.45) is 0 Å². The zero-order valence-electron chi connectivity index (χ0n) is 8.49. The van der Waals surface area contributed by atoms with E-state index in [4.69, 9.17) is 9.84 Å². The minimum absolute atomic E-state index is 0.0726. The molecule has 1 aromatic carbocycles. The van der Waals surface area contributed by atoms with E-state index in [2.05, 4.69) is 5.32 Å². The minimum atomic E-state index is -0.759. The van der Waals surface area contributed by atoms with Gasteiger partial charge in [-0.1, -0.05) is 6.07 Å². The maximum atomic E-state index is 10.6. The third-order valence-corrected chi connectivity index (χ3v) is 2.66. The summed E-state index contributed by atoms with van der Waals surface area (Å²) < 4.78 is 5.10. The molecule has 0 amide bonds. The summed E-state index contributed by atoms with van der Waals surface area (Å²) in [6, 6.07) is 5.69. The molecule has 0 aromatic heterocycles. The van der Waals surface area contributed by atoms with E-state index in [1.165, 1.54) is 0 Å². The minimum Gasteiger partial charge on any atom is -0.497 e. The Hall–Kier alpha value is -1.71. The summed E-state index contributed by atoms with van der Waals surface area (Å²) in [6.07, 6.45) is 0.173. The lowest BCUT2D eigenvalue weighted by Gasteiger charge is -2.07. The lowest BCUT2D eigenvalue weighted by molar-refractivity contribution is -0.137. The van der Waals surface area contributed by atoms with Gasteiger partial charge in [0, 0.05) is 24.2 Å². The Labute approximate surface area is 87.9 Å². The van der Waals surface area contributed by atoms with Gasteiger partial charge in [-0.2, -0.15) is 0 Å². The molecule has 0 aliphatic carbocycles. The van der Waals surface area contributed by atoms with Crippen LogP contribution in [0.25, 0.3) is 0 Å². The molecule has 2 N–H and O–H groups in total. The van der Waals surface area contributed by atoms with Gasteiger partial charge >= 0.3 is 5.97 Å². The Balaban J connectivity index is 2.24. The first-order chi connectivity index (χ1) is 7.20. The number of benzene rings is 1. The van der Waals surface area contributed by atoms with Crippen LogP contribution >= 0.6 is 0 Å². The number of fused-ring (bicyclic) bond motifs is 1. The Morgan fingerprint density at radius 3 is 3.13 bits per heavy atom. The summed E-state index contributed by atoms with van der Waals surface area (Å²) >= 11 is 0. The topological polar surface area (TPSA) is 58.6 Å². The highest BCUT2D eigenvalue weighted by Gasteiger charge is 2.24. The van der Waals surface area contributed by atoms with Gasteiger partial charge in [0.15, 0.2) is 0 Å². The Kier molecular flexibility index (Phi) is 2.49. The van der Waals surface area contributed by atoms with Gasteiger partial charge in [0.05, 0.1) is 13.5 Å². The van der Waals surface area contributed by atoms with Gasteiger partial charge in [-0.15, -0.1) is 0 Å². The molecular formula is C11H13NO3. The van der Waals surface area contributed by atoms with Gasteiger partial charge in [0.1, 0.15) is 5.75 Å². The van der Waals surface area contributed by atoms with Gasteiger partial charge in [-0.3, -0.25) is 4.79 Å². The maximum Gasteiger partial charge on any atom is 0.304 e. The first-order valence-electron chi connectivity index (χ1n) is 4.84. The Morgan fingerprint density at radius 2 is 2.47 bits per heavy atom. The second-order valence-electron chi connectivity index (χ2n) is 3.63. The quantitative estimate of drug-likeness (QED) is 0.791. The van der Waals surface area contributed by atoms with Crippen LogP contribution in [0.4, 0.5) is 5.69 Å². The fourth-order valence-corrected chi connectivity index (χ4v) is 1.91. The lowest BCUT2D eigenvalue weighted by Crippen LogP contribution is -2.07. The van der Waals surface area contributed by atoms with Crippen LogP contribution in [0.5, 0.6) is 5.75 Å². The smallest absolute Gasteiger partial charge is 0.304 e. The molecule has 1 atom stereocenters. The molecule has 0 fully saturated rings. The molecule has 1 aliphatic rings. The second-order valence-corrected chi connectivity index (χ2v) is 3.63. The second kappa shape index (κ2) is 3.81. The maximum absolute atomic E-state index is 10.6. The molecule has 1 aromatic rings. The van der Waals surface area contributed by atoms with E-state index in [1.807, 2.05) is 18.2 Å². The summed E-state index contributed by atoms with van der Waals surface area (Å²) in [4.78, 5) is 10.6. The van der Waals surface area contributed by atoms with E-state index in [0.717, 1.165) is 17.0 Å². The van der Waals surface area contributed by atoms with E-state index in [1.54, 1.807) is 7.11 Å². The number of nitrogens with one attached hydrogen (secondary N) is 1. The van der Waals surface area contributed by atoms with E-state index in [9.17, 15) is 4.79 Å². The molecule has 1 aliphatic heterocycles. The number of aliphatic carboxylic acids is 1. The van der Waals surface area contributed by atoms with Crippen LogP contribution in [-0.4, -0.2) is 24.7 Å². The number of carboxylic acids is 1. The van der Waals surface area contributed by atoms with E-state index in [-0.39, 0.29) is 12.3 Å². The number of ether oxygens (including phenoxy) is 1. The SMILES string of the molecule is COc1ccc2c(c1)NCC2CC(=O)O. The van der Waals surface area contributed by atoms with Crippen LogP contribution in [-0.2, 0) is 4.79 Å². The first-order valence-corrected chi connectivity index (χ1v) is 4.84. The van der Waals surface area contributed by atoms with Crippen LogP contribution < -0.4 is 10.1 Å². The summed E-state index contributed by atoms with van der Waals surface area (Å²) in [5, 5.41) is 11.9. The number of carbonyl (C=O) groups is 1. The van der Waals surface area contributed by atoms with Crippen molar-refractivity contribution < 1.29 is 14.6 Å². The molecule has 4 nitrogen and oxygen atoms in total. The number of methoxy groups -OCH3 is 1. The average molecular weight is 207 g/mol. The number of anilines is 1. The highest BCUT2D eigenvalue weighted by atomic mass is 16.5. The van der Waals surface area contributed by atoms with Crippen LogP contribution in [0.15, 0.2) is 18.2 Å². The molecular weight excluding hydrogens is 194 g/mol. The number of hydrogen-bond donors (Lipinski definition) is 2. The number of carboxylic acid groups (broad SMARTS) is 1. The van der Waals surface area contributed by atoms with E-state index >= 15 is 0 Å². The molecule has 80 valence electrons. The predicted molar refractivity (Wildman–Crippen MR) is 56.5 cm³/mol. The van der Waals surface area contributed by atoms with Gasteiger partial charge in [0.25, 0.3) is 0 Å². The van der Waals surface area contributed by atoms with Crippen molar-refractivity contribution in [3.8, 4) is 5.75 Å². The normalized spacial score (nSPS) is 18.1. The summed E-state index contributed by atoms with van der Waals surface area (Å²) in [6.45, 7) is 0.689. The molecule has 1 unspecified atom stereocenters. The van der Waals surface area contributed by atoms with Crippen molar-refractivity contribution >= 4 is 11.7 Å². The van der Waals surface area contributed by atoms with Crippen molar-refractivity contribution in [3.05, 3.63) is 23.8 Å². The Bertz CT molecular complexity index is 389. The lowest BCUT2D eigenvalue weighted by atomic mass is 9.98. The van der Waals surface area contributed by atoms with Gasteiger partial charge in [0.2, 0.25) is 0 Å². The average Bonchev–Trinajstić information content (AvgIpc) is 2.60. The van der Waals surface area contributed by atoms with Gasteiger partial charge in [-0.25, -0.2) is 0 Å². The van der Waals surface area contributed by atoms with Crippen molar-refractivity contribution in [1.29, 1.82) is 0 Å². The van der Waals surface area contributed by atoms with Crippen LogP contribution in [0.1, 0.15) is 17.9 Å². The largest absolute Gasteiger partial charge is 0.497 e. The third-order valence-electron chi connectivity index (χ3n) is 2.66. The van der Waals surface area contributed by atoms with Crippen molar-refractivity contribution in [2.45, 2.75) is 12.3 Å². The molecule has 0 saturated carbocycles. The van der Waals surface area contributed by atoms with E-state index in [0.29, 0.717) is 6.54 Å². The van der Waals surface area contributed by atoms with Crippen LogP contribution in [0.2, 0.25) is 0 Å². The van der Waals surface area contributed by atoms with Crippen molar-refractivity contribution in [1.82, 2.24) is 0 Å². The predicted octanol–water partition coefficient (Wildman–Crippen LogP) is 1.68. The Morgan fingerprint density at radius 1 is 1.67 bits per heavy atom. The third kappa shape index (κ3) is 1.88. The first kappa shape index (κ1) is 9.83. The van der Waals surface area contributed by atoms with Crippen LogP contribution in [0, 0.1) is 0 Å². The fraction of sp³-hybridized carbons (Fsp3) is 0.364. The zero-order chi connectivity index (χ0) is 10.8. The van der Waals surface area contributed by atoms with Crippen LogP contribution in [0.3, 0.4) is 0 Å². The molecule has 15 heavy (non-hydrogen) atoms. The molecule has 0 spiro atoms. The summed E-state index contributed by atoms with van der Waals surface area (Å²) in [5.41, 5.74) is 2.05.